The molecule has 1 amide bonds. The summed E-state index contributed by atoms with van der Waals surface area (Å²) >= 11 is 0. The Labute approximate surface area is 136 Å². The third kappa shape index (κ3) is 3.53. The van der Waals surface area contributed by atoms with Crippen molar-refractivity contribution in [2.75, 3.05) is 21.9 Å². The second-order valence-corrected chi connectivity index (χ2v) is 7.48. The molecule has 2 aromatic rings. The number of hydrogen-bond donors (Lipinski definition) is 1. The minimum absolute atomic E-state index is 0.160. The molecule has 0 atom stereocenters. The van der Waals surface area contributed by atoms with Crippen LogP contribution in [0.1, 0.15) is 23.2 Å². The van der Waals surface area contributed by atoms with E-state index in [1.165, 1.54) is 4.31 Å². The fourth-order valence-corrected chi connectivity index (χ4v) is 4.24. The molecule has 1 fully saturated rings. The van der Waals surface area contributed by atoms with E-state index in [0.717, 1.165) is 6.42 Å². The van der Waals surface area contributed by atoms with Crippen LogP contribution in [-0.4, -0.2) is 26.6 Å². The fraction of sp³-hybridized carbons (Fsp3) is 0.235. The van der Waals surface area contributed by atoms with E-state index in [1.54, 1.807) is 36.4 Å². The van der Waals surface area contributed by atoms with Crippen molar-refractivity contribution in [2.45, 2.75) is 12.8 Å². The maximum absolute atomic E-state index is 12.3. The summed E-state index contributed by atoms with van der Waals surface area (Å²) < 4.78 is 25.8. The summed E-state index contributed by atoms with van der Waals surface area (Å²) in [4.78, 5) is 12.3. The highest BCUT2D eigenvalue weighted by atomic mass is 32.2. The van der Waals surface area contributed by atoms with Gasteiger partial charge in [-0.05, 0) is 43.2 Å². The summed E-state index contributed by atoms with van der Waals surface area (Å²) in [5.74, 6) is -0.0968. The molecule has 1 aliphatic rings. The van der Waals surface area contributed by atoms with Gasteiger partial charge in [0.25, 0.3) is 5.91 Å². The van der Waals surface area contributed by atoms with E-state index in [1.807, 2.05) is 18.2 Å². The van der Waals surface area contributed by atoms with Gasteiger partial charge in [-0.15, -0.1) is 0 Å². The highest BCUT2D eigenvalue weighted by Crippen LogP contribution is 2.24. The van der Waals surface area contributed by atoms with Gasteiger partial charge in [-0.3, -0.25) is 9.10 Å². The Morgan fingerprint density at radius 1 is 1.00 bits per heavy atom. The normalized spacial score (nSPS) is 16.8. The van der Waals surface area contributed by atoms with E-state index in [0.29, 0.717) is 29.9 Å². The van der Waals surface area contributed by atoms with Gasteiger partial charge in [0.15, 0.2) is 0 Å². The lowest BCUT2D eigenvalue weighted by Gasteiger charge is -2.28. The summed E-state index contributed by atoms with van der Waals surface area (Å²) in [6, 6.07) is 15.9. The minimum atomic E-state index is -3.28. The van der Waals surface area contributed by atoms with Crippen LogP contribution >= 0.6 is 0 Å². The van der Waals surface area contributed by atoms with Crippen LogP contribution in [0.15, 0.2) is 54.6 Å². The molecule has 1 N–H and O–H groups in total. The quantitative estimate of drug-likeness (QED) is 0.941. The molecule has 3 rings (SSSR count). The van der Waals surface area contributed by atoms with Crippen molar-refractivity contribution in [3.8, 4) is 0 Å². The third-order valence-corrected chi connectivity index (χ3v) is 5.65. The van der Waals surface area contributed by atoms with E-state index in [4.69, 9.17) is 0 Å². The van der Waals surface area contributed by atoms with E-state index in [9.17, 15) is 13.2 Å². The van der Waals surface area contributed by atoms with Crippen molar-refractivity contribution < 1.29 is 13.2 Å². The lowest BCUT2D eigenvalue weighted by Crippen LogP contribution is -2.37. The smallest absolute Gasteiger partial charge is 0.255 e. The molecular formula is C17H18N2O3S. The summed E-state index contributed by atoms with van der Waals surface area (Å²) in [6.45, 7) is 0.464. The number of benzene rings is 2. The molecule has 0 saturated carbocycles. The minimum Gasteiger partial charge on any atom is -0.322 e. The molecule has 0 spiro atoms. The number of nitrogens with one attached hydrogen (secondary N) is 1. The van der Waals surface area contributed by atoms with Gasteiger partial charge in [-0.2, -0.15) is 0 Å². The highest BCUT2D eigenvalue weighted by Gasteiger charge is 2.26. The summed E-state index contributed by atoms with van der Waals surface area (Å²) in [5.41, 5.74) is 1.69. The zero-order valence-corrected chi connectivity index (χ0v) is 13.4. The first kappa shape index (κ1) is 15.6. The molecule has 1 heterocycles. The first-order valence-corrected chi connectivity index (χ1v) is 9.14. The number of carbonyl (C=O) groups excluding carboxylic acids is 1. The number of hydrogen-bond acceptors (Lipinski definition) is 3. The molecule has 1 aliphatic heterocycles. The molecule has 6 heteroatoms. The van der Waals surface area contributed by atoms with Crippen molar-refractivity contribution in [3.63, 3.8) is 0 Å². The van der Waals surface area contributed by atoms with Crippen LogP contribution in [0.5, 0.6) is 0 Å². The maximum Gasteiger partial charge on any atom is 0.255 e. The maximum atomic E-state index is 12.3. The number of amides is 1. The number of para-hydroxylation sites is 1. The first-order valence-electron chi connectivity index (χ1n) is 7.53. The van der Waals surface area contributed by atoms with Crippen LogP contribution in [0.25, 0.3) is 0 Å². The van der Waals surface area contributed by atoms with Crippen LogP contribution in [0, 0.1) is 0 Å². The monoisotopic (exact) mass is 330 g/mol. The molecule has 0 radical (unpaired) electrons. The predicted molar refractivity (Wildman–Crippen MR) is 91.2 cm³/mol. The van der Waals surface area contributed by atoms with Gasteiger partial charge < -0.3 is 5.32 Å². The molecule has 2 aromatic carbocycles. The third-order valence-electron chi connectivity index (χ3n) is 3.78. The lowest BCUT2D eigenvalue weighted by molar-refractivity contribution is 0.102. The SMILES string of the molecule is O=C(Nc1ccccc1)c1cccc(N2CCCCS2(=O)=O)c1. The Bertz CT molecular complexity index is 804. The molecule has 1 saturated heterocycles. The number of nitrogens with zero attached hydrogens (tertiary/aromatic N) is 1. The second kappa shape index (κ2) is 6.42. The van der Waals surface area contributed by atoms with Crippen molar-refractivity contribution in [2.24, 2.45) is 0 Å². The van der Waals surface area contributed by atoms with Crippen molar-refractivity contribution in [3.05, 3.63) is 60.2 Å². The van der Waals surface area contributed by atoms with Gasteiger partial charge in [0, 0.05) is 17.8 Å². The van der Waals surface area contributed by atoms with Gasteiger partial charge in [0.1, 0.15) is 0 Å². The van der Waals surface area contributed by atoms with Crippen LogP contribution in [0.2, 0.25) is 0 Å². The second-order valence-electron chi connectivity index (χ2n) is 5.47. The zero-order valence-electron chi connectivity index (χ0n) is 12.6. The Morgan fingerprint density at radius 3 is 2.52 bits per heavy atom. The fourth-order valence-electron chi connectivity index (χ4n) is 2.61. The number of sulfonamides is 1. The van der Waals surface area contributed by atoms with Gasteiger partial charge in [0.05, 0.1) is 11.4 Å². The van der Waals surface area contributed by atoms with Crippen LogP contribution in [-0.2, 0) is 10.0 Å². The van der Waals surface area contributed by atoms with Gasteiger partial charge in [0.2, 0.25) is 10.0 Å². The molecule has 0 aliphatic carbocycles. The van der Waals surface area contributed by atoms with E-state index < -0.39 is 10.0 Å². The Morgan fingerprint density at radius 2 is 1.78 bits per heavy atom. The standard InChI is InChI=1S/C17H18N2O3S/c20-17(18-15-8-2-1-3-9-15)14-7-6-10-16(13-14)19-11-4-5-12-23(19,21)22/h1-3,6-10,13H,4-5,11-12H2,(H,18,20). The number of rotatable bonds is 3. The zero-order chi connectivity index (χ0) is 16.3. The number of anilines is 2. The van der Waals surface area contributed by atoms with Gasteiger partial charge >= 0.3 is 0 Å². The Kier molecular flexibility index (Phi) is 4.34. The predicted octanol–water partition coefficient (Wildman–Crippen LogP) is 2.87. The average Bonchev–Trinajstić information content (AvgIpc) is 2.55. The van der Waals surface area contributed by atoms with Gasteiger partial charge in [-0.1, -0.05) is 24.3 Å². The van der Waals surface area contributed by atoms with Gasteiger partial charge in [-0.25, -0.2) is 8.42 Å². The van der Waals surface area contributed by atoms with Crippen LogP contribution in [0.4, 0.5) is 11.4 Å². The Hall–Kier alpha value is -2.34. The molecule has 23 heavy (non-hydrogen) atoms. The van der Waals surface area contributed by atoms with Crippen LogP contribution in [0.3, 0.4) is 0 Å². The highest BCUT2D eigenvalue weighted by molar-refractivity contribution is 7.92. The van der Waals surface area contributed by atoms with Crippen molar-refractivity contribution in [1.29, 1.82) is 0 Å². The van der Waals surface area contributed by atoms with Crippen LogP contribution < -0.4 is 9.62 Å². The molecule has 0 aromatic heterocycles. The van der Waals surface area contributed by atoms with Crippen molar-refractivity contribution >= 4 is 27.3 Å². The molecule has 0 unspecified atom stereocenters. The molecular weight excluding hydrogens is 312 g/mol. The number of carbonyl (C=O) groups is 1. The molecule has 5 nitrogen and oxygen atoms in total. The molecule has 120 valence electrons. The Balaban J connectivity index is 1.83. The van der Waals surface area contributed by atoms with Crippen molar-refractivity contribution in [1.82, 2.24) is 0 Å². The van der Waals surface area contributed by atoms with E-state index >= 15 is 0 Å². The summed E-state index contributed by atoms with van der Waals surface area (Å²) in [6.07, 6.45) is 1.52. The average molecular weight is 330 g/mol. The van der Waals surface area contributed by atoms with E-state index in [2.05, 4.69) is 5.32 Å². The first-order chi connectivity index (χ1) is 11.1. The largest absolute Gasteiger partial charge is 0.322 e. The van der Waals surface area contributed by atoms with E-state index in [-0.39, 0.29) is 11.7 Å². The lowest BCUT2D eigenvalue weighted by atomic mass is 10.1. The molecule has 0 bridgehead atoms. The summed E-state index contributed by atoms with van der Waals surface area (Å²) in [5, 5.41) is 2.80. The summed E-state index contributed by atoms with van der Waals surface area (Å²) in [7, 11) is -3.28. The topological polar surface area (TPSA) is 66.5 Å².